The standard InChI is InChI=1S/C11H13Cl2NOS/c1-7(11(15)14(2)3)16-10-8(12)5-4-6-9(10)13/h4-7H,1-3H3. The van der Waals surface area contributed by atoms with E-state index in [1.165, 1.54) is 11.8 Å². The van der Waals surface area contributed by atoms with Gasteiger partial charge in [0.15, 0.2) is 0 Å². The molecule has 0 spiro atoms. The molecule has 0 fully saturated rings. The molecular weight excluding hydrogens is 265 g/mol. The zero-order chi connectivity index (χ0) is 12.3. The van der Waals surface area contributed by atoms with E-state index < -0.39 is 0 Å². The van der Waals surface area contributed by atoms with Crippen LogP contribution in [0.5, 0.6) is 0 Å². The van der Waals surface area contributed by atoms with Crippen molar-refractivity contribution in [1.29, 1.82) is 0 Å². The van der Waals surface area contributed by atoms with E-state index in [1.807, 2.05) is 6.92 Å². The van der Waals surface area contributed by atoms with Crippen molar-refractivity contribution in [2.45, 2.75) is 17.1 Å². The molecule has 1 aromatic rings. The average molecular weight is 278 g/mol. The molecule has 2 nitrogen and oxygen atoms in total. The van der Waals surface area contributed by atoms with Gasteiger partial charge in [-0.15, -0.1) is 11.8 Å². The van der Waals surface area contributed by atoms with Gasteiger partial charge in [-0.05, 0) is 19.1 Å². The lowest BCUT2D eigenvalue weighted by atomic mass is 10.4. The number of carbonyl (C=O) groups excluding carboxylic acids is 1. The van der Waals surface area contributed by atoms with Crippen molar-refractivity contribution in [3.63, 3.8) is 0 Å². The summed E-state index contributed by atoms with van der Waals surface area (Å²) in [6.45, 7) is 1.84. The fourth-order valence-electron chi connectivity index (χ4n) is 1.19. The minimum absolute atomic E-state index is 0.0426. The van der Waals surface area contributed by atoms with Crippen LogP contribution in [-0.4, -0.2) is 30.2 Å². The lowest BCUT2D eigenvalue weighted by Crippen LogP contribution is -2.29. The highest BCUT2D eigenvalue weighted by molar-refractivity contribution is 8.00. The van der Waals surface area contributed by atoms with Gasteiger partial charge in [-0.1, -0.05) is 29.3 Å². The van der Waals surface area contributed by atoms with Crippen molar-refractivity contribution in [2.24, 2.45) is 0 Å². The van der Waals surface area contributed by atoms with Crippen LogP contribution in [-0.2, 0) is 4.79 Å². The Balaban J connectivity index is 2.85. The molecule has 1 rings (SSSR count). The topological polar surface area (TPSA) is 20.3 Å². The number of rotatable bonds is 3. The van der Waals surface area contributed by atoms with Crippen LogP contribution in [0.1, 0.15) is 6.92 Å². The number of hydrogen-bond donors (Lipinski definition) is 0. The highest BCUT2D eigenvalue weighted by Gasteiger charge is 2.18. The highest BCUT2D eigenvalue weighted by Crippen LogP contribution is 2.36. The van der Waals surface area contributed by atoms with Crippen molar-refractivity contribution >= 4 is 40.9 Å². The maximum absolute atomic E-state index is 11.7. The molecule has 0 heterocycles. The van der Waals surface area contributed by atoms with Crippen molar-refractivity contribution in [3.8, 4) is 0 Å². The molecule has 0 aliphatic carbocycles. The summed E-state index contributed by atoms with van der Waals surface area (Å²) < 4.78 is 0. The second-order valence-electron chi connectivity index (χ2n) is 3.54. The van der Waals surface area contributed by atoms with Gasteiger partial charge in [0.25, 0.3) is 0 Å². The van der Waals surface area contributed by atoms with Crippen LogP contribution in [0.4, 0.5) is 0 Å². The normalized spacial score (nSPS) is 12.3. The molecule has 0 N–H and O–H groups in total. The third-order valence-corrected chi connectivity index (χ3v) is 4.09. The third kappa shape index (κ3) is 3.30. The molecule has 0 aromatic heterocycles. The molecule has 1 unspecified atom stereocenters. The molecule has 1 aromatic carbocycles. The van der Waals surface area contributed by atoms with E-state index in [2.05, 4.69) is 0 Å². The lowest BCUT2D eigenvalue weighted by Gasteiger charge is -2.17. The first-order valence-electron chi connectivity index (χ1n) is 4.75. The number of nitrogens with zero attached hydrogens (tertiary/aromatic N) is 1. The quantitative estimate of drug-likeness (QED) is 0.788. The maximum Gasteiger partial charge on any atom is 0.235 e. The summed E-state index contributed by atoms with van der Waals surface area (Å²) in [6.07, 6.45) is 0. The van der Waals surface area contributed by atoms with Crippen LogP contribution in [0, 0.1) is 0 Å². The predicted octanol–water partition coefficient (Wildman–Crippen LogP) is 3.56. The van der Waals surface area contributed by atoms with Crippen molar-refractivity contribution < 1.29 is 4.79 Å². The van der Waals surface area contributed by atoms with E-state index in [4.69, 9.17) is 23.2 Å². The molecule has 1 amide bonds. The fraction of sp³-hybridized carbons (Fsp3) is 0.364. The van der Waals surface area contributed by atoms with E-state index in [0.717, 1.165) is 4.90 Å². The van der Waals surface area contributed by atoms with Crippen LogP contribution in [0.15, 0.2) is 23.1 Å². The average Bonchev–Trinajstić information content (AvgIpc) is 2.22. The molecular formula is C11H13Cl2NOS. The van der Waals surface area contributed by atoms with Gasteiger partial charge in [-0.25, -0.2) is 0 Å². The summed E-state index contributed by atoms with van der Waals surface area (Å²) in [6, 6.07) is 5.32. The van der Waals surface area contributed by atoms with Crippen LogP contribution in [0.25, 0.3) is 0 Å². The molecule has 0 saturated carbocycles. The lowest BCUT2D eigenvalue weighted by molar-refractivity contribution is -0.127. The van der Waals surface area contributed by atoms with Crippen molar-refractivity contribution in [2.75, 3.05) is 14.1 Å². The second kappa shape index (κ2) is 5.80. The molecule has 16 heavy (non-hydrogen) atoms. The Morgan fingerprint density at radius 2 is 1.81 bits per heavy atom. The van der Waals surface area contributed by atoms with Gasteiger partial charge < -0.3 is 4.90 Å². The van der Waals surface area contributed by atoms with E-state index in [-0.39, 0.29) is 11.2 Å². The van der Waals surface area contributed by atoms with Crippen LogP contribution < -0.4 is 0 Å². The fourth-order valence-corrected chi connectivity index (χ4v) is 2.88. The zero-order valence-electron chi connectivity index (χ0n) is 9.33. The Labute approximate surface area is 110 Å². The Morgan fingerprint density at radius 3 is 2.25 bits per heavy atom. The summed E-state index contributed by atoms with van der Waals surface area (Å²) in [5.41, 5.74) is 0. The summed E-state index contributed by atoms with van der Waals surface area (Å²) >= 11 is 13.4. The first-order valence-corrected chi connectivity index (χ1v) is 6.39. The second-order valence-corrected chi connectivity index (χ2v) is 5.71. The molecule has 0 aliphatic rings. The smallest absolute Gasteiger partial charge is 0.235 e. The van der Waals surface area contributed by atoms with Crippen molar-refractivity contribution in [1.82, 2.24) is 4.90 Å². The summed E-state index contributed by atoms with van der Waals surface area (Å²) in [4.78, 5) is 14.0. The van der Waals surface area contributed by atoms with Gasteiger partial charge in [0.1, 0.15) is 0 Å². The van der Waals surface area contributed by atoms with Gasteiger partial charge >= 0.3 is 0 Å². The van der Waals surface area contributed by atoms with E-state index in [1.54, 1.807) is 37.2 Å². The number of benzene rings is 1. The molecule has 88 valence electrons. The van der Waals surface area contributed by atoms with Gasteiger partial charge in [0.05, 0.1) is 15.3 Å². The number of hydrogen-bond acceptors (Lipinski definition) is 2. The molecule has 0 aliphatic heterocycles. The van der Waals surface area contributed by atoms with Gasteiger partial charge in [0.2, 0.25) is 5.91 Å². The number of thioether (sulfide) groups is 1. The van der Waals surface area contributed by atoms with Crippen LogP contribution in [0.3, 0.4) is 0 Å². The summed E-state index contributed by atoms with van der Waals surface area (Å²) in [7, 11) is 3.46. The largest absolute Gasteiger partial charge is 0.348 e. The molecule has 5 heteroatoms. The zero-order valence-corrected chi connectivity index (χ0v) is 11.7. The summed E-state index contributed by atoms with van der Waals surface area (Å²) in [5.74, 6) is 0.0426. The Bertz CT molecular complexity index is 375. The number of amides is 1. The van der Waals surface area contributed by atoms with Crippen molar-refractivity contribution in [3.05, 3.63) is 28.2 Å². The van der Waals surface area contributed by atoms with Crippen LogP contribution in [0.2, 0.25) is 10.0 Å². The first-order chi connectivity index (χ1) is 7.43. The van der Waals surface area contributed by atoms with E-state index in [9.17, 15) is 4.79 Å². The van der Waals surface area contributed by atoms with E-state index >= 15 is 0 Å². The maximum atomic E-state index is 11.7. The highest BCUT2D eigenvalue weighted by atomic mass is 35.5. The Morgan fingerprint density at radius 1 is 1.31 bits per heavy atom. The predicted molar refractivity (Wildman–Crippen MR) is 70.5 cm³/mol. The molecule has 0 saturated heterocycles. The molecule has 1 atom stereocenters. The van der Waals surface area contributed by atoms with Crippen LogP contribution >= 0.6 is 35.0 Å². The Kier molecular flexibility index (Phi) is 4.96. The first kappa shape index (κ1) is 13.7. The Hall–Kier alpha value is -0.380. The SMILES string of the molecule is CC(Sc1c(Cl)cccc1Cl)C(=O)N(C)C. The molecule has 0 bridgehead atoms. The number of halogens is 2. The van der Waals surface area contributed by atoms with E-state index in [0.29, 0.717) is 10.0 Å². The minimum Gasteiger partial charge on any atom is -0.348 e. The summed E-state index contributed by atoms with van der Waals surface area (Å²) in [5, 5.41) is 0.958. The van der Waals surface area contributed by atoms with Gasteiger partial charge in [-0.2, -0.15) is 0 Å². The van der Waals surface area contributed by atoms with Gasteiger partial charge in [-0.3, -0.25) is 4.79 Å². The van der Waals surface area contributed by atoms with Gasteiger partial charge in [0, 0.05) is 19.0 Å². The third-order valence-electron chi connectivity index (χ3n) is 2.00. The molecule has 0 radical (unpaired) electrons. The number of carbonyl (C=O) groups is 1. The monoisotopic (exact) mass is 277 g/mol. The minimum atomic E-state index is -0.201.